The van der Waals surface area contributed by atoms with Gasteiger partial charge in [-0.2, -0.15) is 13.2 Å². The maximum atomic E-state index is 12.7. The molecule has 1 saturated heterocycles. The second kappa shape index (κ2) is 6.79. The zero-order valence-electron chi connectivity index (χ0n) is 12.9. The van der Waals surface area contributed by atoms with E-state index in [0.29, 0.717) is 6.54 Å². The van der Waals surface area contributed by atoms with Crippen LogP contribution >= 0.6 is 0 Å². The Bertz CT molecular complexity index is 518. The quantitative estimate of drug-likeness (QED) is 0.796. The molecule has 0 spiro atoms. The lowest BCUT2D eigenvalue weighted by Crippen LogP contribution is -2.38. The number of aliphatic hydroxyl groups excluding tert-OH is 1. The third kappa shape index (κ3) is 3.87. The summed E-state index contributed by atoms with van der Waals surface area (Å²) >= 11 is 0. The van der Waals surface area contributed by atoms with E-state index in [0.717, 1.165) is 37.9 Å². The number of rotatable bonds is 4. The van der Waals surface area contributed by atoms with Gasteiger partial charge in [-0.15, -0.1) is 0 Å². The molecule has 3 rings (SSSR count). The number of hydrogen-bond acceptors (Lipinski definition) is 3. The number of nitrogens with one attached hydrogen (secondary N) is 2. The van der Waals surface area contributed by atoms with Crippen LogP contribution in [-0.4, -0.2) is 36.9 Å². The first-order chi connectivity index (χ1) is 10.9. The minimum Gasteiger partial charge on any atom is -0.391 e. The van der Waals surface area contributed by atoms with Crippen molar-refractivity contribution in [3.63, 3.8) is 0 Å². The van der Waals surface area contributed by atoms with Crippen LogP contribution in [0.1, 0.15) is 36.3 Å². The van der Waals surface area contributed by atoms with Crippen LogP contribution in [0.4, 0.5) is 13.2 Å². The summed E-state index contributed by atoms with van der Waals surface area (Å²) < 4.78 is 38.0. The molecule has 3 N–H and O–H groups in total. The highest BCUT2D eigenvalue weighted by Gasteiger charge is 2.33. The highest BCUT2D eigenvalue weighted by molar-refractivity contribution is 5.28. The van der Waals surface area contributed by atoms with E-state index >= 15 is 0 Å². The summed E-state index contributed by atoms with van der Waals surface area (Å²) in [6.45, 7) is 2.20. The lowest BCUT2D eigenvalue weighted by molar-refractivity contribution is -0.137. The zero-order valence-corrected chi connectivity index (χ0v) is 12.9. The molecule has 2 fully saturated rings. The van der Waals surface area contributed by atoms with Gasteiger partial charge in [0.05, 0.1) is 11.7 Å². The van der Waals surface area contributed by atoms with Crippen LogP contribution in [0, 0.1) is 5.92 Å². The molecule has 3 nitrogen and oxygen atoms in total. The number of alkyl halides is 3. The minimum absolute atomic E-state index is 0.212. The van der Waals surface area contributed by atoms with Crippen molar-refractivity contribution in [2.45, 2.75) is 43.5 Å². The van der Waals surface area contributed by atoms with E-state index in [9.17, 15) is 18.3 Å². The van der Waals surface area contributed by atoms with Crippen molar-refractivity contribution in [1.82, 2.24) is 10.6 Å². The van der Waals surface area contributed by atoms with Crippen LogP contribution in [0.2, 0.25) is 0 Å². The fourth-order valence-corrected chi connectivity index (χ4v) is 3.75. The van der Waals surface area contributed by atoms with Crippen molar-refractivity contribution in [1.29, 1.82) is 0 Å². The molecule has 0 bridgehead atoms. The van der Waals surface area contributed by atoms with Crippen LogP contribution < -0.4 is 10.6 Å². The normalized spacial score (nSPS) is 31.7. The molecule has 1 aromatic rings. The second-order valence-corrected chi connectivity index (χ2v) is 6.66. The number of hydrogen-bond donors (Lipinski definition) is 3. The molecule has 128 valence electrons. The van der Waals surface area contributed by atoms with Gasteiger partial charge in [0.2, 0.25) is 0 Å². The van der Waals surface area contributed by atoms with Gasteiger partial charge >= 0.3 is 6.18 Å². The Kier molecular flexibility index (Phi) is 4.94. The van der Waals surface area contributed by atoms with E-state index in [1.54, 1.807) is 12.1 Å². The minimum atomic E-state index is -4.28. The van der Waals surface area contributed by atoms with Gasteiger partial charge < -0.3 is 15.7 Å². The molecule has 4 unspecified atom stereocenters. The van der Waals surface area contributed by atoms with Crippen LogP contribution in [-0.2, 0) is 6.18 Å². The molecule has 0 aromatic heterocycles. The van der Waals surface area contributed by atoms with Crippen LogP contribution in [0.25, 0.3) is 0 Å². The van der Waals surface area contributed by atoms with E-state index in [1.165, 1.54) is 12.1 Å². The maximum absolute atomic E-state index is 12.7. The fraction of sp³-hybridized carbons (Fsp3) is 0.647. The molecule has 2 aliphatic rings. The molecule has 1 aliphatic heterocycles. The number of halogens is 3. The zero-order chi connectivity index (χ0) is 16.4. The first-order valence-corrected chi connectivity index (χ1v) is 8.24. The van der Waals surface area contributed by atoms with Gasteiger partial charge in [-0.1, -0.05) is 18.6 Å². The van der Waals surface area contributed by atoms with Gasteiger partial charge in [0.25, 0.3) is 0 Å². The summed E-state index contributed by atoms with van der Waals surface area (Å²) in [5.74, 6) is 0.465. The molecule has 1 aromatic carbocycles. The van der Waals surface area contributed by atoms with Gasteiger partial charge in [-0.05, 0) is 36.5 Å². The van der Waals surface area contributed by atoms with Crippen molar-refractivity contribution < 1.29 is 18.3 Å². The van der Waals surface area contributed by atoms with Crippen molar-refractivity contribution in [2.75, 3.05) is 19.6 Å². The number of aliphatic hydroxyl groups is 1. The second-order valence-electron chi connectivity index (χ2n) is 6.66. The van der Waals surface area contributed by atoms with Crippen molar-refractivity contribution in [3.8, 4) is 0 Å². The predicted molar refractivity (Wildman–Crippen MR) is 82.2 cm³/mol. The highest BCUT2D eigenvalue weighted by Crippen LogP contribution is 2.36. The Morgan fingerprint density at radius 1 is 1.13 bits per heavy atom. The molecule has 1 aliphatic carbocycles. The summed E-state index contributed by atoms with van der Waals surface area (Å²) in [7, 11) is 0. The summed E-state index contributed by atoms with van der Waals surface area (Å²) in [6, 6.07) is 5.85. The Hall–Kier alpha value is -1.11. The van der Waals surface area contributed by atoms with Crippen LogP contribution in [0.15, 0.2) is 24.3 Å². The molecule has 0 amide bonds. The molecular weight excluding hydrogens is 305 g/mol. The summed E-state index contributed by atoms with van der Waals surface area (Å²) in [6.07, 6.45) is -1.49. The van der Waals surface area contributed by atoms with Crippen LogP contribution in [0.5, 0.6) is 0 Å². The third-order valence-corrected chi connectivity index (χ3v) is 5.13. The van der Waals surface area contributed by atoms with Gasteiger partial charge in [-0.3, -0.25) is 0 Å². The number of β-amino-alcohol motifs (C(OH)–C–C–N with tert-alkyl or cyclic N) is 1. The first kappa shape index (κ1) is 16.7. The number of benzene rings is 1. The Balaban J connectivity index is 1.62. The van der Waals surface area contributed by atoms with Crippen LogP contribution in [0.3, 0.4) is 0 Å². The van der Waals surface area contributed by atoms with Gasteiger partial charge in [-0.25, -0.2) is 0 Å². The van der Waals surface area contributed by atoms with Crippen molar-refractivity contribution >= 4 is 0 Å². The largest absolute Gasteiger partial charge is 0.416 e. The maximum Gasteiger partial charge on any atom is 0.416 e. The van der Waals surface area contributed by atoms with Crippen molar-refractivity contribution in [3.05, 3.63) is 35.4 Å². The fourth-order valence-electron chi connectivity index (χ4n) is 3.75. The average Bonchev–Trinajstić information content (AvgIpc) is 3.13. The van der Waals surface area contributed by atoms with E-state index in [-0.39, 0.29) is 24.0 Å². The Morgan fingerprint density at radius 3 is 2.48 bits per heavy atom. The summed E-state index contributed by atoms with van der Waals surface area (Å²) in [4.78, 5) is 0. The molecule has 4 atom stereocenters. The lowest BCUT2D eigenvalue weighted by atomic mass is 9.92. The Morgan fingerprint density at radius 2 is 1.87 bits per heavy atom. The molecule has 0 radical (unpaired) electrons. The third-order valence-electron chi connectivity index (χ3n) is 5.13. The first-order valence-electron chi connectivity index (χ1n) is 8.24. The molecule has 6 heteroatoms. The Labute approximate surface area is 134 Å². The van der Waals surface area contributed by atoms with Gasteiger partial charge in [0.15, 0.2) is 0 Å². The SMILES string of the molecule is OC1CNCC1CNC1CCCC1c1ccc(C(F)(F)F)cc1. The highest BCUT2D eigenvalue weighted by atomic mass is 19.4. The summed E-state index contributed by atoms with van der Waals surface area (Å²) in [5, 5.41) is 16.5. The van der Waals surface area contributed by atoms with E-state index < -0.39 is 11.7 Å². The molecule has 1 saturated carbocycles. The monoisotopic (exact) mass is 328 g/mol. The van der Waals surface area contributed by atoms with E-state index in [2.05, 4.69) is 10.6 Å². The predicted octanol–water partition coefficient (Wildman–Crippen LogP) is 2.51. The molecular formula is C17H23F3N2O. The smallest absolute Gasteiger partial charge is 0.391 e. The van der Waals surface area contributed by atoms with Gasteiger partial charge in [0, 0.05) is 31.6 Å². The lowest BCUT2D eigenvalue weighted by Gasteiger charge is -2.24. The van der Waals surface area contributed by atoms with E-state index in [1.807, 2.05) is 0 Å². The topological polar surface area (TPSA) is 44.3 Å². The molecule has 1 heterocycles. The standard InChI is InChI=1S/C17H23F3N2O/c18-17(19,20)13-6-4-11(5-7-13)14-2-1-3-15(14)22-9-12-8-21-10-16(12)23/h4-7,12,14-16,21-23H,1-3,8-10H2. The van der Waals surface area contributed by atoms with Gasteiger partial charge in [0.1, 0.15) is 0 Å². The summed E-state index contributed by atoms with van der Waals surface area (Å²) in [5.41, 5.74) is 0.377. The van der Waals surface area contributed by atoms with Crippen molar-refractivity contribution in [2.24, 2.45) is 5.92 Å². The van der Waals surface area contributed by atoms with E-state index in [4.69, 9.17) is 0 Å². The average molecular weight is 328 g/mol. The molecule has 23 heavy (non-hydrogen) atoms.